The average molecular weight is 285 g/mol. The lowest BCUT2D eigenvalue weighted by atomic mass is 9.82. The first-order valence-corrected chi connectivity index (χ1v) is 6.96. The molecule has 1 aliphatic rings. The first-order chi connectivity index (χ1) is 9.45. The summed E-state index contributed by atoms with van der Waals surface area (Å²) in [5.41, 5.74) is -1.19. The highest BCUT2D eigenvalue weighted by Crippen LogP contribution is 2.28. The Morgan fingerprint density at radius 3 is 2.25 bits per heavy atom. The van der Waals surface area contributed by atoms with Crippen LogP contribution in [0.25, 0.3) is 0 Å². The third-order valence-corrected chi connectivity index (χ3v) is 3.74. The molecule has 0 radical (unpaired) electrons. The molecule has 0 heterocycles. The van der Waals surface area contributed by atoms with Crippen LogP contribution in [0.1, 0.15) is 39.0 Å². The van der Waals surface area contributed by atoms with Crippen LogP contribution < -0.4 is 10.6 Å². The maximum Gasteiger partial charge on any atom is 0.329 e. The summed E-state index contributed by atoms with van der Waals surface area (Å²) in [6.07, 6.45) is 3.43. The van der Waals surface area contributed by atoms with Gasteiger partial charge in [-0.2, -0.15) is 0 Å². The van der Waals surface area contributed by atoms with E-state index < -0.39 is 17.5 Å². The van der Waals surface area contributed by atoms with Gasteiger partial charge in [0, 0.05) is 13.6 Å². The number of carbonyl (C=O) groups excluding carboxylic acids is 2. The third kappa shape index (κ3) is 3.85. The van der Waals surface area contributed by atoms with Crippen molar-refractivity contribution in [3.8, 4) is 0 Å². The van der Waals surface area contributed by atoms with Crippen molar-refractivity contribution in [1.82, 2.24) is 15.5 Å². The van der Waals surface area contributed by atoms with Crippen LogP contribution in [0.5, 0.6) is 0 Å². The molecule has 0 bridgehead atoms. The maximum absolute atomic E-state index is 12.2. The van der Waals surface area contributed by atoms with Crippen molar-refractivity contribution >= 4 is 17.9 Å². The Kier molecular flexibility index (Phi) is 5.79. The molecule has 7 nitrogen and oxygen atoms in total. The van der Waals surface area contributed by atoms with Gasteiger partial charge in [0.15, 0.2) is 0 Å². The number of urea groups is 1. The van der Waals surface area contributed by atoms with Gasteiger partial charge < -0.3 is 20.6 Å². The van der Waals surface area contributed by atoms with Crippen molar-refractivity contribution in [3.63, 3.8) is 0 Å². The summed E-state index contributed by atoms with van der Waals surface area (Å²) >= 11 is 0. The second-order valence-corrected chi connectivity index (χ2v) is 5.07. The van der Waals surface area contributed by atoms with Crippen molar-refractivity contribution in [3.05, 3.63) is 0 Å². The van der Waals surface area contributed by atoms with Gasteiger partial charge in [0.1, 0.15) is 12.1 Å². The van der Waals surface area contributed by atoms with Crippen LogP contribution in [0, 0.1) is 0 Å². The molecule has 0 aromatic rings. The fourth-order valence-corrected chi connectivity index (χ4v) is 2.41. The van der Waals surface area contributed by atoms with Gasteiger partial charge in [0.05, 0.1) is 0 Å². The number of rotatable bonds is 5. The Morgan fingerprint density at radius 2 is 1.80 bits per heavy atom. The molecular weight excluding hydrogens is 262 g/mol. The zero-order valence-corrected chi connectivity index (χ0v) is 12.1. The van der Waals surface area contributed by atoms with Crippen LogP contribution in [0.3, 0.4) is 0 Å². The monoisotopic (exact) mass is 285 g/mol. The molecule has 0 aliphatic heterocycles. The number of nitrogens with one attached hydrogen (secondary N) is 2. The Labute approximate surface area is 118 Å². The van der Waals surface area contributed by atoms with E-state index in [2.05, 4.69) is 10.6 Å². The fourth-order valence-electron chi connectivity index (χ4n) is 2.41. The van der Waals surface area contributed by atoms with Crippen molar-refractivity contribution in [2.75, 3.05) is 20.1 Å². The Hall–Kier alpha value is -1.79. The van der Waals surface area contributed by atoms with Gasteiger partial charge in [-0.1, -0.05) is 19.3 Å². The van der Waals surface area contributed by atoms with E-state index in [1.165, 1.54) is 11.9 Å². The van der Waals surface area contributed by atoms with Gasteiger partial charge in [-0.15, -0.1) is 0 Å². The molecule has 114 valence electrons. The highest BCUT2D eigenvalue weighted by Gasteiger charge is 2.41. The van der Waals surface area contributed by atoms with E-state index in [0.717, 1.165) is 19.3 Å². The van der Waals surface area contributed by atoms with Gasteiger partial charge in [-0.25, -0.2) is 9.59 Å². The number of aliphatic carboxylic acids is 1. The molecule has 20 heavy (non-hydrogen) atoms. The van der Waals surface area contributed by atoms with Crippen LogP contribution in [0.2, 0.25) is 0 Å². The number of amides is 3. The molecule has 0 aromatic heterocycles. The first kappa shape index (κ1) is 16.3. The number of hydrogen-bond acceptors (Lipinski definition) is 3. The smallest absolute Gasteiger partial charge is 0.329 e. The van der Waals surface area contributed by atoms with Crippen molar-refractivity contribution in [2.24, 2.45) is 0 Å². The molecule has 1 aliphatic carbocycles. The SMILES string of the molecule is CCN(CC(=O)NC)C(=O)NC1(C(=O)O)CCCCC1. The highest BCUT2D eigenvalue weighted by atomic mass is 16.4. The van der Waals surface area contributed by atoms with Gasteiger partial charge >= 0.3 is 12.0 Å². The van der Waals surface area contributed by atoms with Gasteiger partial charge in [0.2, 0.25) is 5.91 Å². The van der Waals surface area contributed by atoms with Crippen LogP contribution in [-0.4, -0.2) is 53.6 Å². The standard InChI is InChI=1S/C13H23N3O4/c1-3-16(9-10(17)14-2)12(20)15-13(11(18)19)7-5-4-6-8-13/h3-9H2,1-2H3,(H,14,17)(H,15,20)(H,18,19). The predicted octanol–water partition coefficient (Wildman–Crippen LogP) is 0.551. The molecule has 7 heteroatoms. The van der Waals surface area contributed by atoms with Crippen LogP contribution in [0.15, 0.2) is 0 Å². The van der Waals surface area contributed by atoms with E-state index >= 15 is 0 Å². The zero-order chi connectivity index (χ0) is 15.2. The van der Waals surface area contributed by atoms with Gasteiger partial charge in [-0.05, 0) is 19.8 Å². The van der Waals surface area contributed by atoms with E-state index in [9.17, 15) is 19.5 Å². The number of carboxylic acids is 1. The van der Waals surface area contributed by atoms with E-state index in [0.29, 0.717) is 19.4 Å². The first-order valence-electron chi connectivity index (χ1n) is 6.96. The molecular formula is C13H23N3O4. The maximum atomic E-state index is 12.2. The summed E-state index contributed by atoms with van der Waals surface area (Å²) < 4.78 is 0. The number of carbonyl (C=O) groups is 3. The topological polar surface area (TPSA) is 98.7 Å². The highest BCUT2D eigenvalue weighted by molar-refractivity contribution is 5.88. The third-order valence-electron chi connectivity index (χ3n) is 3.74. The number of likely N-dealkylation sites (N-methyl/N-ethyl adjacent to an activating group) is 2. The summed E-state index contributed by atoms with van der Waals surface area (Å²) in [5.74, 6) is -1.28. The minimum Gasteiger partial charge on any atom is -0.480 e. The summed E-state index contributed by atoms with van der Waals surface area (Å²) in [6, 6.07) is -0.500. The minimum absolute atomic E-state index is 0.0749. The number of hydrogen-bond donors (Lipinski definition) is 3. The summed E-state index contributed by atoms with van der Waals surface area (Å²) in [7, 11) is 1.49. The lowest BCUT2D eigenvalue weighted by molar-refractivity contribution is -0.145. The molecule has 0 saturated heterocycles. The molecule has 0 spiro atoms. The van der Waals surface area contributed by atoms with E-state index in [-0.39, 0.29) is 12.5 Å². The number of carboxylic acid groups (broad SMARTS) is 1. The lowest BCUT2D eigenvalue weighted by Crippen LogP contribution is -2.59. The molecule has 0 unspecified atom stereocenters. The summed E-state index contributed by atoms with van der Waals surface area (Å²) in [6.45, 7) is 2.01. The molecule has 0 atom stereocenters. The van der Waals surface area contributed by atoms with E-state index in [4.69, 9.17) is 0 Å². The molecule has 1 fully saturated rings. The van der Waals surface area contributed by atoms with Gasteiger partial charge in [0.25, 0.3) is 0 Å². The van der Waals surface area contributed by atoms with E-state index in [1.54, 1.807) is 6.92 Å². The molecule has 1 rings (SSSR count). The second kappa shape index (κ2) is 7.12. The molecule has 1 saturated carbocycles. The van der Waals surface area contributed by atoms with Gasteiger partial charge in [-0.3, -0.25) is 4.79 Å². The minimum atomic E-state index is -1.19. The fraction of sp³-hybridized carbons (Fsp3) is 0.769. The Balaban J connectivity index is 2.74. The largest absolute Gasteiger partial charge is 0.480 e. The average Bonchev–Trinajstić information content (AvgIpc) is 2.45. The predicted molar refractivity (Wildman–Crippen MR) is 73.3 cm³/mol. The molecule has 3 N–H and O–H groups in total. The summed E-state index contributed by atoms with van der Waals surface area (Å²) in [4.78, 5) is 36.3. The van der Waals surface area contributed by atoms with Crippen molar-refractivity contribution in [1.29, 1.82) is 0 Å². The second-order valence-electron chi connectivity index (χ2n) is 5.07. The molecule has 3 amide bonds. The Bertz CT molecular complexity index is 378. The van der Waals surface area contributed by atoms with Crippen LogP contribution >= 0.6 is 0 Å². The lowest BCUT2D eigenvalue weighted by Gasteiger charge is -2.35. The zero-order valence-electron chi connectivity index (χ0n) is 12.1. The molecule has 0 aromatic carbocycles. The van der Waals surface area contributed by atoms with Crippen molar-refractivity contribution < 1.29 is 19.5 Å². The number of nitrogens with zero attached hydrogens (tertiary/aromatic N) is 1. The van der Waals surface area contributed by atoms with E-state index in [1.807, 2.05) is 0 Å². The van der Waals surface area contributed by atoms with Crippen LogP contribution in [0.4, 0.5) is 4.79 Å². The summed E-state index contributed by atoms with van der Waals surface area (Å²) in [5, 5.41) is 14.5. The Morgan fingerprint density at radius 1 is 1.20 bits per heavy atom. The normalized spacial score (nSPS) is 17.1. The van der Waals surface area contributed by atoms with Crippen molar-refractivity contribution in [2.45, 2.75) is 44.6 Å². The van der Waals surface area contributed by atoms with Crippen LogP contribution in [-0.2, 0) is 9.59 Å². The quantitative estimate of drug-likeness (QED) is 0.687.